The summed E-state index contributed by atoms with van der Waals surface area (Å²) >= 11 is 0. The largest absolute Gasteiger partial charge is 0.296 e. The minimum absolute atomic E-state index is 0.0247. The molecule has 1 aromatic rings. The van der Waals surface area contributed by atoms with Gasteiger partial charge in [-0.25, -0.2) is 8.42 Å². The van der Waals surface area contributed by atoms with Gasteiger partial charge in [-0.2, -0.15) is 5.10 Å². The van der Waals surface area contributed by atoms with E-state index >= 15 is 0 Å². The number of hydrogen-bond acceptors (Lipinski definition) is 4. The normalized spacial score (nSPS) is 22.8. The molecule has 6 heteroatoms. The predicted octanol–water partition coefficient (Wildman–Crippen LogP) is 0.501. The molecule has 1 saturated carbocycles. The van der Waals surface area contributed by atoms with Crippen molar-refractivity contribution in [1.82, 2.24) is 9.78 Å². The van der Waals surface area contributed by atoms with Gasteiger partial charge in [0.05, 0.1) is 23.2 Å². The molecule has 0 bridgehead atoms. The molecule has 0 N–H and O–H groups in total. The van der Waals surface area contributed by atoms with Crippen molar-refractivity contribution in [3.05, 3.63) is 17.0 Å². The van der Waals surface area contributed by atoms with E-state index in [1.54, 1.807) is 4.68 Å². The highest BCUT2D eigenvalue weighted by atomic mass is 32.2. The summed E-state index contributed by atoms with van der Waals surface area (Å²) in [5.74, 6) is 0.128. The highest BCUT2D eigenvalue weighted by Gasteiger charge is 2.33. The molecule has 0 unspecified atom stereocenters. The summed E-state index contributed by atoms with van der Waals surface area (Å²) in [6.07, 6.45) is 3.26. The first-order valence-corrected chi connectivity index (χ1v) is 7.19. The topological polar surface area (TPSA) is 69.0 Å². The molecule has 1 fully saturated rings. The number of nitrogens with zero attached hydrogens (tertiary/aromatic N) is 2. The second-order valence-electron chi connectivity index (χ2n) is 4.45. The van der Waals surface area contributed by atoms with Crippen molar-refractivity contribution >= 4 is 16.1 Å². The van der Waals surface area contributed by atoms with Crippen LogP contribution in [0.15, 0.2) is 0 Å². The molecule has 2 heterocycles. The summed E-state index contributed by atoms with van der Waals surface area (Å²) in [5.41, 5.74) is 1.90. The average Bonchev–Trinajstić information content (AvgIpc) is 2.99. The van der Waals surface area contributed by atoms with Gasteiger partial charge in [0.2, 0.25) is 0 Å². The zero-order chi connectivity index (χ0) is 11.3. The van der Waals surface area contributed by atoms with Gasteiger partial charge >= 0.3 is 0 Å². The van der Waals surface area contributed by atoms with Gasteiger partial charge < -0.3 is 0 Å². The summed E-state index contributed by atoms with van der Waals surface area (Å²) < 4.78 is 24.8. The summed E-state index contributed by atoms with van der Waals surface area (Å²) in [4.78, 5) is 11.0. The Morgan fingerprint density at radius 3 is 2.75 bits per heavy atom. The van der Waals surface area contributed by atoms with E-state index in [4.69, 9.17) is 0 Å². The lowest BCUT2D eigenvalue weighted by Crippen LogP contribution is -2.18. The Labute approximate surface area is 93.4 Å². The molecule has 0 aromatic carbocycles. The van der Waals surface area contributed by atoms with Crippen LogP contribution in [-0.2, 0) is 22.0 Å². The number of sulfone groups is 1. The molecule has 1 aliphatic heterocycles. The third kappa shape index (κ3) is 1.48. The number of carbonyl (C=O) groups excluding carboxylic acids is 1. The zero-order valence-electron chi connectivity index (χ0n) is 8.72. The van der Waals surface area contributed by atoms with E-state index in [-0.39, 0.29) is 11.5 Å². The Balaban J connectivity index is 2.14. The number of aromatic nitrogens is 2. The maximum Gasteiger partial charge on any atom is 0.168 e. The molecule has 0 saturated heterocycles. The highest BCUT2D eigenvalue weighted by molar-refractivity contribution is 7.90. The van der Waals surface area contributed by atoms with Gasteiger partial charge in [0.25, 0.3) is 0 Å². The van der Waals surface area contributed by atoms with Gasteiger partial charge in [-0.15, -0.1) is 0 Å². The van der Waals surface area contributed by atoms with Crippen LogP contribution in [0.5, 0.6) is 0 Å². The number of carbonyl (C=O) groups is 1. The number of rotatable bonds is 2. The Kier molecular flexibility index (Phi) is 1.98. The molecule has 0 amide bonds. The molecule has 3 rings (SSSR count). The number of aryl methyl sites for hydroxylation is 1. The van der Waals surface area contributed by atoms with Gasteiger partial charge in [-0.1, -0.05) is 0 Å². The lowest BCUT2D eigenvalue weighted by atomic mass is 10.2. The lowest BCUT2D eigenvalue weighted by Gasteiger charge is -2.10. The molecule has 5 nitrogen and oxygen atoms in total. The van der Waals surface area contributed by atoms with Crippen LogP contribution < -0.4 is 0 Å². The molecular weight excluding hydrogens is 228 g/mol. The zero-order valence-corrected chi connectivity index (χ0v) is 9.53. The quantitative estimate of drug-likeness (QED) is 0.706. The van der Waals surface area contributed by atoms with Crippen LogP contribution in [0.2, 0.25) is 0 Å². The van der Waals surface area contributed by atoms with Gasteiger partial charge in [0.15, 0.2) is 16.1 Å². The van der Waals surface area contributed by atoms with Crippen molar-refractivity contribution in [2.45, 2.75) is 31.1 Å². The first-order valence-electron chi connectivity index (χ1n) is 5.36. The molecule has 1 aromatic heterocycles. The summed E-state index contributed by atoms with van der Waals surface area (Å²) in [6, 6.07) is 0.313. The SMILES string of the molecule is O=Cc1c2c(nn1C1CC1)CCS(=O)(=O)C2. The van der Waals surface area contributed by atoms with Crippen LogP contribution in [0, 0.1) is 0 Å². The molecule has 0 radical (unpaired) electrons. The smallest absolute Gasteiger partial charge is 0.168 e. The number of fused-ring (bicyclic) bond motifs is 1. The average molecular weight is 240 g/mol. The monoisotopic (exact) mass is 240 g/mol. The Morgan fingerprint density at radius 2 is 2.12 bits per heavy atom. The van der Waals surface area contributed by atoms with Crippen molar-refractivity contribution in [2.24, 2.45) is 0 Å². The fraction of sp³-hybridized carbons (Fsp3) is 0.600. The van der Waals surface area contributed by atoms with Gasteiger partial charge in [0, 0.05) is 12.0 Å². The lowest BCUT2D eigenvalue weighted by molar-refractivity contribution is 0.111. The first-order chi connectivity index (χ1) is 7.61. The van der Waals surface area contributed by atoms with Crippen molar-refractivity contribution in [1.29, 1.82) is 0 Å². The minimum atomic E-state index is -3.03. The number of hydrogen-bond donors (Lipinski definition) is 0. The first kappa shape index (κ1) is 10.0. The summed E-state index contributed by atoms with van der Waals surface area (Å²) in [5, 5.41) is 4.37. The second-order valence-corrected chi connectivity index (χ2v) is 6.63. The molecule has 86 valence electrons. The van der Waals surface area contributed by atoms with Crippen molar-refractivity contribution < 1.29 is 13.2 Å². The van der Waals surface area contributed by atoms with Gasteiger partial charge in [-0.3, -0.25) is 9.48 Å². The van der Waals surface area contributed by atoms with E-state index in [2.05, 4.69) is 5.10 Å². The summed E-state index contributed by atoms with van der Waals surface area (Å²) in [6.45, 7) is 0. The molecule has 0 atom stereocenters. The van der Waals surface area contributed by atoms with E-state index in [1.807, 2.05) is 0 Å². The van der Waals surface area contributed by atoms with E-state index in [1.165, 1.54) is 0 Å². The van der Waals surface area contributed by atoms with E-state index in [9.17, 15) is 13.2 Å². The van der Waals surface area contributed by atoms with Gasteiger partial charge in [0.1, 0.15) is 5.69 Å². The third-order valence-electron chi connectivity index (χ3n) is 3.15. The highest BCUT2D eigenvalue weighted by Crippen LogP contribution is 2.37. The molecule has 2 aliphatic rings. The maximum absolute atomic E-state index is 11.5. The maximum atomic E-state index is 11.5. The molecule has 0 spiro atoms. The van der Waals surface area contributed by atoms with E-state index in [0.29, 0.717) is 23.7 Å². The minimum Gasteiger partial charge on any atom is -0.296 e. The molecule has 16 heavy (non-hydrogen) atoms. The van der Waals surface area contributed by atoms with E-state index < -0.39 is 9.84 Å². The van der Waals surface area contributed by atoms with Crippen LogP contribution in [0.3, 0.4) is 0 Å². The molecular formula is C10H12N2O3S. The fourth-order valence-corrected chi connectivity index (χ4v) is 3.56. The fourth-order valence-electron chi connectivity index (χ4n) is 2.16. The second kappa shape index (κ2) is 3.16. The van der Waals surface area contributed by atoms with E-state index in [0.717, 1.165) is 24.8 Å². The molecule has 1 aliphatic carbocycles. The standard InChI is InChI=1S/C10H12N2O3S/c13-5-10-8-6-16(14,15)4-3-9(8)11-12(10)7-1-2-7/h5,7H,1-4,6H2. The van der Waals surface area contributed by atoms with Crippen LogP contribution in [0.1, 0.15) is 40.6 Å². The van der Waals surface area contributed by atoms with Gasteiger partial charge in [-0.05, 0) is 12.8 Å². The third-order valence-corrected chi connectivity index (χ3v) is 4.71. The predicted molar refractivity (Wildman–Crippen MR) is 57.1 cm³/mol. The summed E-state index contributed by atoms with van der Waals surface area (Å²) in [7, 11) is -3.03. The Bertz CT molecular complexity index is 555. The van der Waals surface area contributed by atoms with Crippen LogP contribution in [-0.4, -0.2) is 30.2 Å². The van der Waals surface area contributed by atoms with Crippen LogP contribution in [0.4, 0.5) is 0 Å². The van der Waals surface area contributed by atoms with Crippen molar-refractivity contribution in [2.75, 3.05) is 5.75 Å². The van der Waals surface area contributed by atoms with Crippen LogP contribution in [0.25, 0.3) is 0 Å². The Morgan fingerprint density at radius 1 is 1.38 bits per heavy atom. The van der Waals surface area contributed by atoms with Crippen molar-refractivity contribution in [3.63, 3.8) is 0 Å². The number of aldehydes is 1. The van der Waals surface area contributed by atoms with Crippen LogP contribution >= 0.6 is 0 Å². The van der Waals surface area contributed by atoms with Crippen molar-refractivity contribution in [3.8, 4) is 0 Å². The Hall–Kier alpha value is -1.17.